The number of hydrogen-bond acceptors (Lipinski definition) is 3. The fraction of sp³-hybridized carbons (Fsp3) is 0.889. The summed E-state index contributed by atoms with van der Waals surface area (Å²) in [7, 11) is 0. The topological polar surface area (TPSA) is 69.9 Å². The predicted octanol–water partition coefficient (Wildman–Crippen LogP) is 1.50. The van der Waals surface area contributed by atoms with Crippen molar-refractivity contribution in [1.29, 1.82) is 0 Å². The van der Waals surface area contributed by atoms with Crippen molar-refractivity contribution in [2.24, 2.45) is 17.1 Å². The molecule has 3 fully saturated rings. The van der Waals surface area contributed by atoms with Crippen LogP contribution in [0.3, 0.4) is 0 Å². The molecular weight excluding hydrogens is 304 g/mol. The van der Waals surface area contributed by atoms with Crippen molar-refractivity contribution in [3.63, 3.8) is 0 Å². The molecule has 136 valence electrons. The first-order valence-electron chi connectivity index (χ1n) is 9.47. The second kappa shape index (κ2) is 6.90. The van der Waals surface area contributed by atoms with Crippen molar-refractivity contribution < 1.29 is 9.59 Å². The van der Waals surface area contributed by atoms with Crippen molar-refractivity contribution in [2.45, 2.75) is 52.0 Å². The molecule has 2 unspecified atom stereocenters. The van der Waals surface area contributed by atoms with Crippen LogP contribution >= 0.6 is 0 Å². The van der Waals surface area contributed by atoms with E-state index in [1.165, 1.54) is 0 Å². The highest BCUT2D eigenvalue weighted by atomic mass is 16.2. The SMILES string of the molecule is CC1(C)CN(C(=O)C2CCCN(C(=O)N3CCCC3)C2)CCC1N. The number of nitrogens with two attached hydrogens (primary N) is 1. The molecule has 3 heterocycles. The lowest BCUT2D eigenvalue weighted by atomic mass is 9.79. The minimum atomic E-state index is -0.0459. The molecule has 3 rings (SSSR count). The van der Waals surface area contributed by atoms with Crippen LogP contribution in [-0.2, 0) is 4.79 Å². The van der Waals surface area contributed by atoms with Crippen molar-refractivity contribution in [3.8, 4) is 0 Å². The van der Waals surface area contributed by atoms with E-state index in [1.54, 1.807) is 0 Å². The molecule has 0 aromatic rings. The van der Waals surface area contributed by atoms with Crippen molar-refractivity contribution in [3.05, 3.63) is 0 Å². The Balaban J connectivity index is 1.60. The molecule has 3 aliphatic heterocycles. The Hall–Kier alpha value is -1.30. The van der Waals surface area contributed by atoms with E-state index in [0.717, 1.165) is 64.8 Å². The lowest BCUT2D eigenvalue weighted by Gasteiger charge is -2.44. The molecular formula is C18H32N4O2. The van der Waals surface area contributed by atoms with Gasteiger partial charge in [0.2, 0.25) is 5.91 Å². The van der Waals surface area contributed by atoms with Crippen LogP contribution in [-0.4, -0.2) is 71.9 Å². The van der Waals surface area contributed by atoms with Gasteiger partial charge < -0.3 is 20.4 Å². The summed E-state index contributed by atoms with van der Waals surface area (Å²) in [6.45, 7) is 8.86. The summed E-state index contributed by atoms with van der Waals surface area (Å²) in [5.41, 5.74) is 6.15. The molecule has 0 radical (unpaired) electrons. The van der Waals surface area contributed by atoms with Crippen LogP contribution in [0, 0.1) is 11.3 Å². The monoisotopic (exact) mass is 336 g/mol. The van der Waals surface area contributed by atoms with Crippen LogP contribution in [0.4, 0.5) is 4.79 Å². The minimum Gasteiger partial charge on any atom is -0.342 e. The Labute approximate surface area is 145 Å². The highest BCUT2D eigenvalue weighted by Gasteiger charge is 2.39. The van der Waals surface area contributed by atoms with Gasteiger partial charge >= 0.3 is 6.03 Å². The average Bonchev–Trinajstić information content (AvgIpc) is 3.10. The third-order valence-electron chi connectivity index (χ3n) is 6.04. The number of likely N-dealkylation sites (tertiary alicyclic amines) is 3. The lowest BCUT2D eigenvalue weighted by Crippen LogP contribution is -2.57. The summed E-state index contributed by atoms with van der Waals surface area (Å²) in [5.74, 6) is 0.171. The third kappa shape index (κ3) is 3.53. The van der Waals surface area contributed by atoms with Crippen molar-refractivity contribution >= 4 is 11.9 Å². The molecule has 3 saturated heterocycles. The van der Waals surface area contributed by atoms with Gasteiger partial charge in [0.15, 0.2) is 0 Å². The van der Waals surface area contributed by atoms with E-state index >= 15 is 0 Å². The van der Waals surface area contributed by atoms with E-state index in [0.29, 0.717) is 6.54 Å². The first-order chi connectivity index (χ1) is 11.4. The van der Waals surface area contributed by atoms with Gasteiger partial charge in [-0.2, -0.15) is 0 Å². The standard InChI is InChI=1S/C18H32N4O2/c1-18(2)13-22(11-7-15(18)19)16(23)14-6-5-10-21(12-14)17(24)20-8-3-4-9-20/h14-15H,3-13,19H2,1-2H3. The number of amides is 3. The summed E-state index contributed by atoms with van der Waals surface area (Å²) in [6.07, 6.45) is 4.89. The number of nitrogens with zero attached hydrogens (tertiary/aromatic N) is 3. The summed E-state index contributed by atoms with van der Waals surface area (Å²) in [6, 6.07) is 0.284. The van der Waals surface area contributed by atoms with Gasteiger partial charge in [-0.1, -0.05) is 13.8 Å². The third-order valence-corrected chi connectivity index (χ3v) is 6.04. The number of urea groups is 1. The van der Waals surface area contributed by atoms with Crippen molar-refractivity contribution in [1.82, 2.24) is 14.7 Å². The molecule has 0 saturated carbocycles. The molecule has 6 heteroatoms. The summed E-state index contributed by atoms with van der Waals surface area (Å²) in [4.78, 5) is 31.4. The molecule has 0 aliphatic carbocycles. The van der Waals surface area contributed by atoms with Gasteiger partial charge in [-0.3, -0.25) is 4.79 Å². The molecule has 2 N–H and O–H groups in total. The average molecular weight is 336 g/mol. The highest BCUT2D eigenvalue weighted by molar-refractivity contribution is 5.81. The van der Waals surface area contributed by atoms with Gasteiger partial charge in [0.1, 0.15) is 0 Å². The Kier molecular flexibility index (Phi) is 5.04. The molecule has 6 nitrogen and oxygen atoms in total. The maximum atomic E-state index is 13.0. The van der Waals surface area contributed by atoms with Crippen LogP contribution in [0.1, 0.15) is 46.0 Å². The Morgan fingerprint density at radius 2 is 1.58 bits per heavy atom. The van der Waals surface area contributed by atoms with Crippen LogP contribution in [0.25, 0.3) is 0 Å². The smallest absolute Gasteiger partial charge is 0.320 e. The number of piperidine rings is 2. The van der Waals surface area contributed by atoms with Crippen LogP contribution < -0.4 is 5.73 Å². The fourth-order valence-corrected chi connectivity index (χ4v) is 4.28. The van der Waals surface area contributed by atoms with E-state index in [2.05, 4.69) is 13.8 Å². The van der Waals surface area contributed by atoms with Gasteiger partial charge in [-0.05, 0) is 37.5 Å². The second-order valence-corrected chi connectivity index (χ2v) is 8.41. The zero-order valence-electron chi connectivity index (χ0n) is 15.2. The largest absolute Gasteiger partial charge is 0.342 e. The molecule has 0 aromatic carbocycles. The van der Waals surface area contributed by atoms with Gasteiger partial charge in [0.05, 0.1) is 5.92 Å². The first kappa shape index (κ1) is 17.5. The molecule has 0 aromatic heterocycles. The highest BCUT2D eigenvalue weighted by Crippen LogP contribution is 2.30. The predicted molar refractivity (Wildman–Crippen MR) is 93.5 cm³/mol. The normalized spacial score (nSPS) is 30.5. The molecule has 3 amide bonds. The zero-order chi connectivity index (χ0) is 17.3. The first-order valence-corrected chi connectivity index (χ1v) is 9.47. The summed E-state index contributed by atoms with van der Waals surface area (Å²) >= 11 is 0. The van der Waals surface area contributed by atoms with Crippen LogP contribution in [0.15, 0.2) is 0 Å². The van der Waals surface area contributed by atoms with Gasteiger partial charge in [-0.25, -0.2) is 4.79 Å². The van der Waals surface area contributed by atoms with E-state index in [-0.39, 0.29) is 29.3 Å². The van der Waals surface area contributed by atoms with Gasteiger partial charge in [0, 0.05) is 45.3 Å². The van der Waals surface area contributed by atoms with Crippen LogP contribution in [0.2, 0.25) is 0 Å². The van der Waals surface area contributed by atoms with Crippen LogP contribution in [0.5, 0.6) is 0 Å². The van der Waals surface area contributed by atoms with Crippen molar-refractivity contribution in [2.75, 3.05) is 39.3 Å². The Morgan fingerprint density at radius 1 is 0.917 bits per heavy atom. The molecule has 24 heavy (non-hydrogen) atoms. The molecule has 3 aliphatic rings. The maximum Gasteiger partial charge on any atom is 0.320 e. The maximum absolute atomic E-state index is 13.0. The van der Waals surface area contributed by atoms with E-state index in [1.807, 2.05) is 14.7 Å². The second-order valence-electron chi connectivity index (χ2n) is 8.41. The number of rotatable bonds is 1. The van der Waals surface area contributed by atoms with Gasteiger partial charge in [-0.15, -0.1) is 0 Å². The number of carbonyl (C=O) groups is 2. The minimum absolute atomic E-state index is 0.0341. The Morgan fingerprint density at radius 3 is 2.25 bits per heavy atom. The van der Waals surface area contributed by atoms with E-state index in [4.69, 9.17) is 5.73 Å². The molecule has 0 spiro atoms. The molecule has 2 atom stereocenters. The molecule has 0 bridgehead atoms. The van der Waals surface area contributed by atoms with E-state index in [9.17, 15) is 9.59 Å². The van der Waals surface area contributed by atoms with E-state index < -0.39 is 0 Å². The zero-order valence-corrected chi connectivity index (χ0v) is 15.2. The summed E-state index contributed by atoms with van der Waals surface area (Å²) < 4.78 is 0. The number of hydrogen-bond donors (Lipinski definition) is 1. The van der Waals surface area contributed by atoms with Gasteiger partial charge in [0.25, 0.3) is 0 Å². The quantitative estimate of drug-likeness (QED) is 0.789. The Bertz CT molecular complexity index is 487. The lowest BCUT2D eigenvalue weighted by molar-refractivity contribution is -0.140. The number of carbonyl (C=O) groups excluding carboxylic acids is 2. The summed E-state index contributed by atoms with van der Waals surface area (Å²) in [5, 5.41) is 0. The fourth-order valence-electron chi connectivity index (χ4n) is 4.28.